The summed E-state index contributed by atoms with van der Waals surface area (Å²) in [6.07, 6.45) is 3.76. The fourth-order valence-corrected chi connectivity index (χ4v) is 6.39. The van der Waals surface area contributed by atoms with E-state index in [9.17, 15) is 14.4 Å². The molecule has 5 rings (SSSR count). The second-order valence-corrected chi connectivity index (χ2v) is 11.3. The molecule has 0 aliphatic carbocycles. The van der Waals surface area contributed by atoms with Gasteiger partial charge in [0.15, 0.2) is 0 Å². The van der Waals surface area contributed by atoms with Gasteiger partial charge in [-0.3, -0.25) is 19.3 Å². The zero-order chi connectivity index (χ0) is 26.2. The maximum atomic E-state index is 14.0. The first kappa shape index (κ1) is 25.5. The minimum Gasteiger partial charge on any atom is -0.369 e. The molecule has 2 atom stereocenters. The highest BCUT2D eigenvalue weighted by atomic mass is 16.2. The summed E-state index contributed by atoms with van der Waals surface area (Å²) in [6, 6.07) is 17.9. The molecule has 3 amide bonds. The highest BCUT2D eigenvalue weighted by Gasteiger charge is 2.47. The fraction of sp³-hybridized carbons (Fsp3) is 0.500. The van der Waals surface area contributed by atoms with E-state index in [0.717, 1.165) is 49.0 Å². The van der Waals surface area contributed by atoms with Crippen LogP contribution in [0.2, 0.25) is 0 Å². The lowest BCUT2D eigenvalue weighted by Crippen LogP contribution is -2.56. The Morgan fingerprint density at radius 3 is 2.35 bits per heavy atom. The summed E-state index contributed by atoms with van der Waals surface area (Å²) in [7, 11) is 0. The summed E-state index contributed by atoms with van der Waals surface area (Å²) >= 11 is 0. The van der Waals surface area contributed by atoms with Gasteiger partial charge in [0.1, 0.15) is 0 Å². The fourth-order valence-electron chi connectivity index (χ4n) is 6.39. The third-order valence-electron chi connectivity index (χ3n) is 8.58. The van der Waals surface area contributed by atoms with E-state index < -0.39 is 5.41 Å². The Balaban J connectivity index is 1.31. The molecule has 0 bridgehead atoms. The van der Waals surface area contributed by atoms with Gasteiger partial charge < -0.3 is 15.5 Å². The molecular weight excluding hydrogens is 464 g/mol. The van der Waals surface area contributed by atoms with Gasteiger partial charge in [0.2, 0.25) is 17.7 Å². The molecule has 3 heterocycles. The minimum absolute atomic E-state index is 0.0845. The summed E-state index contributed by atoms with van der Waals surface area (Å²) in [5, 5.41) is 0. The Morgan fingerprint density at radius 2 is 1.65 bits per heavy atom. The molecule has 2 aromatic rings. The van der Waals surface area contributed by atoms with Crippen LogP contribution in [0.5, 0.6) is 0 Å². The molecule has 1 unspecified atom stereocenters. The van der Waals surface area contributed by atoms with Crippen LogP contribution in [0.4, 0.5) is 5.69 Å². The molecule has 2 fully saturated rings. The quantitative estimate of drug-likeness (QED) is 0.658. The van der Waals surface area contributed by atoms with Crippen LogP contribution in [0.25, 0.3) is 0 Å². The van der Waals surface area contributed by atoms with Crippen LogP contribution in [-0.4, -0.2) is 65.8 Å². The highest BCUT2D eigenvalue weighted by molar-refractivity contribution is 6.08. The number of hydrogen-bond acceptors (Lipinski definition) is 4. The van der Waals surface area contributed by atoms with Gasteiger partial charge in [-0.25, -0.2) is 0 Å². The molecule has 3 aliphatic rings. The lowest BCUT2D eigenvalue weighted by atomic mass is 9.86. The third kappa shape index (κ3) is 4.89. The van der Waals surface area contributed by atoms with E-state index in [4.69, 9.17) is 5.73 Å². The average molecular weight is 503 g/mol. The topological polar surface area (TPSA) is 87.0 Å². The second kappa shape index (κ2) is 10.3. The molecule has 0 spiro atoms. The lowest BCUT2D eigenvalue weighted by molar-refractivity contribution is -0.140. The first-order chi connectivity index (χ1) is 17.8. The molecule has 0 aromatic heterocycles. The summed E-state index contributed by atoms with van der Waals surface area (Å²) in [6.45, 7) is 6.56. The number of carbonyl (C=O) groups is 3. The molecule has 196 valence electrons. The number of anilines is 1. The number of fused-ring (bicyclic) bond motifs is 1. The zero-order valence-corrected chi connectivity index (χ0v) is 21.9. The van der Waals surface area contributed by atoms with Crippen LogP contribution < -0.4 is 10.6 Å². The van der Waals surface area contributed by atoms with Crippen molar-refractivity contribution in [1.29, 1.82) is 0 Å². The number of nitrogens with zero attached hydrogens (tertiary/aromatic N) is 3. The van der Waals surface area contributed by atoms with Gasteiger partial charge in [-0.05, 0) is 69.7 Å². The van der Waals surface area contributed by atoms with E-state index in [1.807, 2.05) is 60.0 Å². The first-order valence-corrected chi connectivity index (χ1v) is 13.6. The number of likely N-dealkylation sites (tertiary alicyclic amines) is 2. The number of carbonyl (C=O) groups excluding carboxylic acids is 3. The number of rotatable bonds is 6. The van der Waals surface area contributed by atoms with Crippen molar-refractivity contribution in [3.05, 3.63) is 65.7 Å². The number of amides is 3. The predicted octanol–water partition coefficient (Wildman–Crippen LogP) is 3.11. The van der Waals surface area contributed by atoms with Crippen LogP contribution in [0.15, 0.2) is 54.6 Å². The second-order valence-electron chi connectivity index (χ2n) is 11.3. The van der Waals surface area contributed by atoms with E-state index in [1.165, 1.54) is 0 Å². The van der Waals surface area contributed by atoms with Crippen molar-refractivity contribution in [2.75, 3.05) is 31.1 Å². The van der Waals surface area contributed by atoms with E-state index >= 15 is 0 Å². The molecule has 0 saturated carbocycles. The van der Waals surface area contributed by atoms with Gasteiger partial charge in [0.05, 0.1) is 17.4 Å². The van der Waals surface area contributed by atoms with Crippen molar-refractivity contribution in [2.24, 2.45) is 11.7 Å². The average Bonchev–Trinajstić information content (AvgIpc) is 3.12. The molecular formula is C30H38N4O3. The molecule has 2 aromatic carbocycles. The Labute approximate surface area is 219 Å². The number of para-hydroxylation sites is 1. The summed E-state index contributed by atoms with van der Waals surface area (Å²) in [4.78, 5) is 45.4. The van der Waals surface area contributed by atoms with Crippen molar-refractivity contribution >= 4 is 23.4 Å². The molecule has 2 N–H and O–H groups in total. The van der Waals surface area contributed by atoms with Gasteiger partial charge in [-0.1, -0.05) is 48.5 Å². The Kier molecular flexibility index (Phi) is 7.08. The molecule has 2 saturated heterocycles. The van der Waals surface area contributed by atoms with Crippen molar-refractivity contribution in [1.82, 2.24) is 9.80 Å². The SMILES string of the molecule is CC1(C)C(=O)N(C2CCN(C(=O)[C@H](Cc3ccccc3)N3CCCC(C(N)=O)C3)CC2)c2ccccc21. The van der Waals surface area contributed by atoms with Crippen LogP contribution in [-0.2, 0) is 26.2 Å². The number of piperidine rings is 2. The summed E-state index contributed by atoms with van der Waals surface area (Å²) in [5.41, 5.74) is 8.31. The monoisotopic (exact) mass is 502 g/mol. The molecule has 7 heteroatoms. The molecule has 3 aliphatic heterocycles. The molecule has 37 heavy (non-hydrogen) atoms. The van der Waals surface area contributed by atoms with E-state index in [1.54, 1.807) is 0 Å². The number of hydrogen-bond donors (Lipinski definition) is 1. The largest absolute Gasteiger partial charge is 0.369 e. The van der Waals surface area contributed by atoms with Gasteiger partial charge in [0, 0.05) is 31.4 Å². The first-order valence-electron chi connectivity index (χ1n) is 13.6. The zero-order valence-electron chi connectivity index (χ0n) is 21.9. The maximum absolute atomic E-state index is 14.0. The number of nitrogens with two attached hydrogens (primary N) is 1. The van der Waals surface area contributed by atoms with Gasteiger partial charge in [0.25, 0.3) is 0 Å². The van der Waals surface area contributed by atoms with Crippen LogP contribution >= 0.6 is 0 Å². The Hall–Kier alpha value is -3.19. The number of primary amides is 1. The minimum atomic E-state index is -0.532. The van der Waals surface area contributed by atoms with Crippen molar-refractivity contribution in [2.45, 2.75) is 63.5 Å². The summed E-state index contributed by atoms with van der Waals surface area (Å²) < 4.78 is 0. The molecule has 0 radical (unpaired) electrons. The standard InChI is InChI=1S/C30H38N4O3/c1-30(2)24-12-6-7-13-25(24)34(29(30)37)23-14-17-32(18-15-23)28(36)26(19-21-9-4-3-5-10-21)33-16-8-11-22(20-33)27(31)35/h3-7,9-10,12-13,22-23,26H,8,11,14-20H2,1-2H3,(H2,31,35)/t22?,26-/m0/s1. The van der Waals surface area contributed by atoms with Crippen LogP contribution in [0, 0.1) is 5.92 Å². The van der Waals surface area contributed by atoms with Crippen LogP contribution in [0.3, 0.4) is 0 Å². The highest BCUT2D eigenvalue weighted by Crippen LogP contribution is 2.43. The van der Waals surface area contributed by atoms with Crippen LogP contribution in [0.1, 0.15) is 50.7 Å². The van der Waals surface area contributed by atoms with Crippen molar-refractivity contribution in [3.8, 4) is 0 Å². The van der Waals surface area contributed by atoms with Gasteiger partial charge >= 0.3 is 0 Å². The normalized spacial score (nSPS) is 23.1. The maximum Gasteiger partial charge on any atom is 0.240 e. The molecule has 7 nitrogen and oxygen atoms in total. The van der Waals surface area contributed by atoms with Crippen molar-refractivity contribution < 1.29 is 14.4 Å². The van der Waals surface area contributed by atoms with E-state index in [-0.39, 0.29) is 35.7 Å². The van der Waals surface area contributed by atoms with E-state index in [0.29, 0.717) is 26.1 Å². The van der Waals surface area contributed by atoms with Crippen molar-refractivity contribution in [3.63, 3.8) is 0 Å². The van der Waals surface area contributed by atoms with E-state index in [2.05, 4.69) is 23.1 Å². The summed E-state index contributed by atoms with van der Waals surface area (Å²) in [5.74, 6) is -0.239. The predicted molar refractivity (Wildman–Crippen MR) is 144 cm³/mol. The Bertz CT molecular complexity index is 1160. The Morgan fingerprint density at radius 1 is 0.973 bits per heavy atom. The lowest BCUT2D eigenvalue weighted by Gasteiger charge is -2.42. The van der Waals surface area contributed by atoms with Gasteiger partial charge in [-0.2, -0.15) is 0 Å². The third-order valence-corrected chi connectivity index (χ3v) is 8.58. The smallest absolute Gasteiger partial charge is 0.240 e. The number of benzene rings is 2. The van der Waals surface area contributed by atoms with Gasteiger partial charge in [-0.15, -0.1) is 0 Å².